The van der Waals surface area contributed by atoms with Gasteiger partial charge in [0.2, 0.25) is 0 Å². The number of ketones is 1. The van der Waals surface area contributed by atoms with E-state index in [9.17, 15) is 9.59 Å². The van der Waals surface area contributed by atoms with Crippen LogP contribution < -0.4 is 10.2 Å². The Hall–Kier alpha value is -1.95. The van der Waals surface area contributed by atoms with Crippen molar-refractivity contribution in [3.05, 3.63) is 23.9 Å². The van der Waals surface area contributed by atoms with Crippen molar-refractivity contribution >= 4 is 17.5 Å². The lowest BCUT2D eigenvalue weighted by Crippen LogP contribution is -2.42. The number of amides is 1. The Kier molecular flexibility index (Phi) is 7.05. The number of nitrogens with zero attached hydrogens (tertiary/aromatic N) is 3. The molecule has 0 saturated carbocycles. The van der Waals surface area contributed by atoms with Gasteiger partial charge in [-0.2, -0.15) is 0 Å². The van der Waals surface area contributed by atoms with Gasteiger partial charge in [0, 0.05) is 50.8 Å². The number of rotatable bonds is 6. The molecular formula is C22H34N4O2. The van der Waals surface area contributed by atoms with Crippen molar-refractivity contribution in [3.63, 3.8) is 0 Å². The molecule has 28 heavy (non-hydrogen) atoms. The van der Waals surface area contributed by atoms with Gasteiger partial charge < -0.3 is 15.1 Å². The van der Waals surface area contributed by atoms with Gasteiger partial charge in [0.15, 0.2) is 0 Å². The zero-order valence-corrected chi connectivity index (χ0v) is 17.5. The van der Waals surface area contributed by atoms with Gasteiger partial charge in [0.25, 0.3) is 5.91 Å². The van der Waals surface area contributed by atoms with Crippen molar-refractivity contribution in [1.29, 1.82) is 0 Å². The van der Waals surface area contributed by atoms with Gasteiger partial charge in [-0.1, -0.05) is 13.8 Å². The Bertz CT molecular complexity index is 666. The molecule has 3 rings (SSSR count). The van der Waals surface area contributed by atoms with Crippen molar-refractivity contribution in [1.82, 2.24) is 15.2 Å². The summed E-state index contributed by atoms with van der Waals surface area (Å²) in [6.07, 6.45) is 6.31. The molecule has 3 heterocycles. The first-order valence-corrected chi connectivity index (χ1v) is 10.7. The third-order valence-corrected chi connectivity index (χ3v) is 6.00. The number of hydrogen-bond acceptors (Lipinski definition) is 5. The molecule has 2 fully saturated rings. The molecule has 1 atom stereocenters. The van der Waals surface area contributed by atoms with Crippen LogP contribution >= 0.6 is 0 Å². The number of aromatic nitrogens is 1. The number of anilines is 1. The highest BCUT2D eigenvalue weighted by Gasteiger charge is 2.29. The van der Waals surface area contributed by atoms with E-state index in [1.807, 2.05) is 24.1 Å². The van der Waals surface area contributed by atoms with E-state index in [-0.39, 0.29) is 11.8 Å². The normalized spacial score (nSPS) is 21.2. The van der Waals surface area contributed by atoms with E-state index in [0.29, 0.717) is 36.3 Å². The highest BCUT2D eigenvalue weighted by molar-refractivity contribution is 5.94. The van der Waals surface area contributed by atoms with Crippen LogP contribution in [-0.2, 0) is 4.79 Å². The summed E-state index contributed by atoms with van der Waals surface area (Å²) in [7, 11) is 2.01. The standard InChI is InChI=1S/C22H34N4O2/c1-16(2)13-20(27)18-5-4-10-26(15-18)22(28)17-6-7-21(24-14-17)25-11-8-19(23-3)9-12-25/h6-7,14,16,18-19,23H,4-5,8-13,15H2,1-3H3/t18-/m0/s1. The van der Waals surface area contributed by atoms with Crippen molar-refractivity contribution in [2.24, 2.45) is 11.8 Å². The largest absolute Gasteiger partial charge is 0.357 e. The first-order chi connectivity index (χ1) is 13.5. The average Bonchev–Trinajstić information content (AvgIpc) is 2.73. The van der Waals surface area contributed by atoms with Crippen LogP contribution in [0.4, 0.5) is 5.82 Å². The fourth-order valence-electron chi connectivity index (χ4n) is 4.27. The number of carbonyl (C=O) groups excluding carboxylic acids is 2. The average molecular weight is 387 g/mol. The Morgan fingerprint density at radius 1 is 1.18 bits per heavy atom. The van der Waals surface area contributed by atoms with Crippen molar-refractivity contribution in [2.45, 2.75) is 52.0 Å². The molecule has 2 saturated heterocycles. The lowest BCUT2D eigenvalue weighted by Gasteiger charge is -2.33. The van der Waals surface area contributed by atoms with Crippen LogP contribution in [-0.4, -0.2) is 60.8 Å². The summed E-state index contributed by atoms with van der Waals surface area (Å²) in [5.74, 6) is 1.59. The molecule has 2 aliphatic heterocycles. The molecule has 0 aliphatic carbocycles. The SMILES string of the molecule is CNC1CCN(c2ccc(C(=O)N3CCC[C@H](C(=O)CC(C)C)C3)cn2)CC1. The van der Waals surface area contributed by atoms with Gasteiger partial charge in [0.1, 0.15) is 11.6 Å². The predicted molar refractivity (Wildman–Crippen MR) is 112 cm³/mol. The minimum Gasteiger partial charge on any atom is -0.357 e. The van der Waals surface area contributed by atoms with Crippen molar-refractivity contribution < 1.29 is 9.59 Å². The number of nitrogens with one attached hydrogen (secondary N) is 1. The fraction of sp³-hybridized carbons (Fsp3) is 0.682. The van der Waals surface area contributed by atoms with Crippen LogP contribution in [0.25, 0.3) is 0 Å². The molecule has 1 aromatic rings. The Labute approximate surface area is 168 Å². The first-order valence-electron chi connectivity index (χ1n) is 10.7. The number of pyridine rings is 1. The number of hydrogen-bond donors (Lipinski definition) is 1. The van der Waals surface area contributed by atoms with Gasteiger partial charge in [-0.3, -0.25) is 9.59 Å². The molecule has 0 radical (unpaired) electrons. The minimum absolute atomic E-state index is 0.00464. The predicted octanol–water partition coefficient (Wildman–Crippen LogP) is 2.74. The minimum atomic E-state index is -0.0131. The summed E-state index contributed by atoms with van der Waals surface area (Å²) >= 11 is 0. The van der Waals surface area contributed by atoms with Gasteiger partial charge in [-0.15, -0.1) is 0 Å². The number of Topliss-reactive ketones (excluding diaryl/α,β-unsaturated/α-hetero) is 1. The molecule has 6 heteroatoms. The summed E-state index contributed by atoms with van der Waals surface area (Å²) in [5, 5.41) is 3.34. The van der Waals surface area contributed by atoms with E-state index in [4.69, 9.17) is 0 Å². The summed E-state index contributed by atoms with van der Waals surface area (Å²) in [6.45, 7) is 7.37. The summed E-state index contributed by atoms with van der Waals surface area (Å²) in [4.78, 5) is 34.0. The van der Waals surface area contributed by atoms with Gasteiger partial charge in [-0.05, 0) is 50.8 Å². The van der Waals surface area contributed by atoms with Crippen LogP contribution in [0.5, 0.6) is 0 Å². The van der Waals surface area contributed by atoms with E-state index in [2.05, 4.69) is 29.0 Å². The van der Waals surface area contributed by atoms with Crippen molar-refractivity contribution in [2.75, 3.05) is 38.1 Å². The first kappa shape index (κ1) is 20.8. The summed E-state index contributed by atoms with van der Waals surface area (Å²) in [6, 6.07) is 4.43. The highest BCUT2D eigenvalue weighted by atomic mass is 16.2. The van der Waals surface area contributed by atoms with E-state index in [1.165, 1.54) is 0 Å². The van der Waals surface area contributed by atoms with E-state index in [1.54, 1.807) is 6.20 Å². The molecule has 6 nitrogen and oxygen atoms in total. The Morgan fingerprint density at radius 3 is 2.54 bits per heavy atom. The lowest BCUT2D eigenvalue weighted by atomic mass is 9.89. The second-order valence-electron chi connectivity index (χ2n) is 8.61. The zero-order valence-electron chi connectivity index (χ0n) is 17.5. The van der Waals surface area contributed by atoms with E-state index in [0.717, 1.165) is 51.1 Å². The van der Waals surface area contributed by atoms with Crippen LogP contribution in [0.3, 0.4) is 0 Å². The maximum atomic E-state index is 12.9. The molecule has 0 bridgehead atoms. The number of likely N-dealkylation sites (tertiary alicyclic amines) is 1. The molecule has 1 amide bonds. The molecule has 1 N–H and O–H groups in total. The van der Waals surface area contributed by atoms with Crippen molar-refractivity contribution in [3.8, 4) is 0 Å². The monoisotopic (exact) mass is 386 g/mol. The van der Waals surface area contributed by atoms with Crippen LogP contribution in [0.2, 0.25) is 0 Å². The number of piperidine rings is 2. The maximum Gasteiger partial charge on any atom is 0.255 e. The van der Waals surface area contributed by atoms with E-state index < -0.39 is 0 Å². The molecule has 0 spiro atoms. The van der Waals surface area contributed by atoms with Crippen LogP contribution in [0.15, 0.2) is 18.3 Å². The van der Waals surface area contributed by atoms with E-state index >= 15 is 0 Å². The molecule has 1 aromatic heterocycles. The lowest BCUT2D eigenvalue weighted by molar-refractivity contribution is -0.124. The number of carbonyl (C=O) groups is 2. The third kappa shape index (κ3) is 5.10. The molecule has 0 unspecified atom stereocenters. The quantitative estimate of drug-likeness (QED) is 0.814. The van der Waals surface area contributed by atoms with Crippen LogP contribution in [0, 0.1) is 11.8 Å². The Morgan fingerprint density at radius 2 is 1.93 bits per heavy atom. The second kappa shape index (κ2) is 9.50. The molecule has 154 valence electrons. The highest BCUT2D eigenvalue weighted by Crippen LogP contribution is 2.23. The zero-order chi connectivity index (χ0) is 20.1. The summed E-state index contributed by atoms with van der Waals surface area (Å²) in [5.41, 5.74) is 0.616. The fourth-order valence-corrected chi connectivity index (χ4v) is 4.27. The van der Waals surface area contributed by atoms with Gasteiger partial charge in [0.05, 0.1) is 5.56 Å². The van der Waals surface area contributed by atoms with Gasteiger partial charge in [-0.25, -0.2) is 4.98 Å². The maximum absolute atomic E-state index is 12.9. The second-order valence-corrected chi connectivity index (χ2v) is 8.61. The molecule has 2 aliphatic rings. The third-order valence-electron chi connectivity index (χ3n) is 6.00. The summed E-state index contributed by atoms with van der Waals surface area (Å²) < 4.78 is 0. The molecule has 0 aromatic carbocycles. The van der Waals surface area contributed by atoms with Gasteiger partial charge >= 0.3 is 0 Å². The molecular weight excluding hydrogens is 352 g/mol. The smallest absolute Gasteiger partial charge is 0.255 e. The Balaban J connectivity index is 1.59. The topological polar surface area (TPSA) is 65.5 Å². The van der Waals surface area contributed by atoms with Crippen LogP contribution in [0.1, 0.15) is 56.3 Å².